The fraction of sp³-hybridized carbons (Fsp3) is 0.438. The zero-order chi connectivity index (χ0) is 14.5. The number of aliphatic hydroxyl groups excluding tert-OH is 1. The number of nitrogens with one attached hydrogen (secondary N) is 1. The molecule has 0 radical (unpaired) electrons. The second-order valence-electron chi connectivity index (χ2n) is 5.04. The monoisotopic (exact) mass is 274 g/mol. The Morgan fingerprint density at radius 3 is 2.65 bits per heavy atom. The molecule has 0 saturated carbocycles. The number of hydrogen-bond donors (Lipinski definition) is 2. The summed E-state index contributed by atoms with van der Waals surface area (Å²) in [6.45, 7) is 4.42. The van der Waals surface area contributed by atoms with Crippen LogP contribution in [0.1, 0.15) is 32.3 Å². The van der Waals surface area contributed by atoms with E-state index in [2.05, 4.69) is 19.2 Å². The molecule has 0 fully saturated rings. The largest absolute Gasteiger partial charge is 0.392 e. The van der Waals surface area contributed by atoms with Crippen LogP contribution in [0.4, 0.5) is 0 Å². The molecule has 4 nitrogen and oxygen atoms in total. The maximum absolute atomic E-state index is 12.1. The molecule has 2 aromatic rings. The van der Waals surface area contributed by atoms with E-state index in [9.17, 15) is 9.90 Å². The van der Waals surface area contributed by atoms with E-state index in [1.165, 1.54) is 0 Å². The summed E-state index contributed by atoms with van der Waals surface area (Å²) < 4.78 is 1.90. The Morgan fingerprint density at radius 1 is 1.30 bits per heavy atom. The standard InChI is InChI=1S/C16H22N2O2/c1-3-13(4-2)17-16(20)10-18-9-12(11-19)14-7-5-6-8-15(14)18/h5-9,13,19H,3-4,10-11H2,1-2H3,(H,17,20). The van der Waals surface area contributed by atoms with Crippen LogP contribution in [0.3, 0.4) is 0 Å². The summed E-state index contributed by atoms with van der Waals surface area (Å²) in [6, 6.07) is 8.06. The van der Waals surface area contributed by atoms with Gasteiger partial charge in [0, 0.05) is 28.7 Å². The van der Waals surface area contributed by atoms with Gasteiger partial charge in [-0.05, 0) is 18.9 Å². The van der Waals surface area contributed by atoms with Gasteiger partial charge in [0.1, 0.15) is 6.54 Å². The number of amides is 1. The molecular formula is C16H22N2O2. The maximum atomic E-state index is 12.1. The summed E-state index contributed by atoms with van der Waals surface area (Å²) in [5.41, 5.74) is 1.84. The van der Waals surface area contributed by atoms with Crippen molar-refractivity contribution in [3.05, 3.63) is 36.0 Å². The van der Waals surface area contributed by atoms with E-state index in [1.807, 2.05) is 35.0 Å². The molecule has 1 aromatic heterocycles. The molecule has 1 heterocycles. The van der Waals surface area contributed by atoms with Crippen molar-refractivity contribution in [2.45, 2.75) is 45.9 Å². The minimum Gasteiger partial charge on any atom is -0.392 e. The quantitative estimate of drug-likeness (QED) is 0.850. The minimum absolute atomic E-state index is 0.0122. The van der Waals surface area contributed by atoms with Crippen LogP contribution in [-0.4, -0.2) is 21.6 Å². The third-order valence-electron chi connectivity index (χ3n) is 3.71. The molecule has 0 bridgehead atoms. The van der Waals surface area contributed by atoms with Crippen LogP contribution in [0.5, 0.6) is 0 Å². The fourth-order valence-corrected chi connectivity index (χ4v) is 2.50. The second kappa shape index (κ2) is 6.57. The summed E-state index contributed by atoms with van der Waals surface area (Å²) in [7, 11) is 0. The highest BCUT2D eigenvalue weighted by molar-refractivity contribution is 5.86. The molecule has 108 valence electrons. The van der Waals surface area contributed by atoms with Crippen LogP contribution in [0.15, 0.2) is 30.5 Å². The molecule has 1 aromatic carbocycles. The summed E-state index contributed by atoms with van der Waals surface area (Å²) in [5.74, 6) is 0.0175. The molecule has 0 spiro atoms. The Bertz CT molecular complexity index is 585. The van der Waals surface area contributed by atoms with E-state index in [0.717, 1.165) is 29.3 Å². The van der Waals surface area contributed by atoms with Gasteiger partial charge < -0.3 is 15.0 Å². The predicted molar refractivity (Wildman–Crippen MR) is 80.4 cm³/mol. The number of para-hydroxylation sites is 1. The molecule has 0 saturated heterocycles. The van der Waals surface area contributed by atoms with Crippen molar-refractivity contribution in [2.75, 3.05) is 0 Å². The van der Waals surface area contributed by atoms with E-state index in [1.54, 1.807) is 0 Å². The van der Waals surface area contributed by atoms with Gasteiger partial charge in [0.25, 0.3) is 0 Å². The number of aliphatic hydroxyl groups is 1. The van der Waals surface area contributed by atoms with E-state index < -0.39 is 0 Å². The number of benzene rings is 1. The number of aromatic nitrogens is 1. The van der Waals surface area contributed by atoms with Crippen molar-refractivity contribution < 1.29 is 9.90 Å². The number of fused-ring (bicyclic) bond motifs is 1. The van der Waals surface area contributed by atoms with Crippen LogP contribution in [-0.2, 0) is 17.9 Å². The second-order valence-corrected chi connectivity index (χ2v) is 5.04. The van der Waals surface area contributed by atoms with E-state index in [0.29, 0.717) is 0 Å². The highest BCUT2D eigenvalue weighted by Gasteiger charge is 2.12. The van der Waals surface area contributed by atoms with Crippen molar-refractivity contribution in [3.63, 3.8) is 0 Å². The van der Waals surface area contributed by atoms with E-state index in [4.69, 9.17) is 0 Å². The molecule has 0 aliphatic carbocycles. The predicted octanol–water partition coefficient (Wildman–Crippen LogP) is 2.44. The molecular weight excluding hydrogens is 252 g/mol. The SMILES string of the molecule is CCC(CC)NC(=O)Cn1cc(CO)c2ccccc21. The summed E-state index contributed by atoms with van der Waals surface area (Å²) in [4.78, 5) is 12.1. The summed E-state index contributed by atoms with van der Waals surface area (Å²) >= 11 is 0. The van der Waals surface area contributed by atoms with E-state index in [-0.39, 0.29) is 25.1 Å². The van der Waals surface area contributed by atoms with Crippen LogP contribution < -0.4 is 5.32 Å². The molecule has 0 atom stereocenters. The third-order valence-corrected chi connectivity index (χ3v) is 3.71. The normalized spacial score (nSPS) is 11.2. The van der Waals surface area contributed by atoms with Gasteiger partial charge in [0.2, 0.25) is 5.91 Å². The molecule has 1 amide bonds. The number of hydrogen-bond acceptors (Lipinski definition) is 2. The zero-order valence-corrected chi connectivity index (χ0v) is 12.1. The lowest BCUT2D eigenvalue weighted by Gasteiger charge is -2.15. The highest BCUT2D eigenvalue weighted by atomic mass is 16.3. The molecule has 0 unspecified atom stereocenters. The number of carbonyl (C=O) groups is 1. The first-order valence-corrected chi connectivity index (χ1v) is 7.16. The van der Waals surface area contributed by atoms with Crippen LogP contribution >= 0.6 is 0 Å². The Morgan fingerprint density at radius 2 is 2.00 bits per heavy atom. The van der Waals surface area contributed by atoms with Gasteiger partial charge in [0.05, 0.1) is 6.61 Å². The topological polar surface area (TPSA) is 54.3 Å². The molecule has 4 heteroatoms. The molecule has 20 heavy (non-hydrogen) atoms. The first-order valence-electron chi connectivity index (χ1n) is 7.16. The lowest BCUT2D eigenvalue weighted by molar-refractivity contribution is -0.122. The Kier molecular flexibility index (Phi) is 4.79. The smallest absolute Gasteiger partial charge is 0.240 e. The first-order chi connectivity index (χ1) is 9.69. The number of rotatable bonds is 6. The van der Waals surface area contributed by atoms with Gasteiger partial charge in [0.15, 0.2) is 0 Å². The van der Waals surface area contributed by atoms with Gasteiger partial charge in [-0.1, -0.05) is 32.0 Å². The number of nitrogens with zero attached hydrogens (tertiary/aromatic N) is 1. The van der Waals surface area contributed by atoms with Gasteiger partial charge in [-0.25, -0.2) is 0 Å². The van der Waals surface area contributed by atoms with Gasteiger partial charge in [-0.15, -0.1) is 0 Å². The van der Waals surface area contributed by atoms with Crippen molar-refractivity contribution >= 4 is 16.8 Å². The summed E-state index contributed by atoms with van der Waals surface area (Å²) in [6.07, 6.45) is 3.74. The average molecular weight is 274 g/mol. The average Bonchev–Trinajstić information content (AvgIpc) is 2.83. The van der Waals surface area contributed by atoms with Crippen LogP contribution in [0.25, 0.3) is 10.9 Å². The van der Waals surface area contributed by atoms with E-state index >= 15 is 0 Å². The first kappa shape index (κ1) is 14.6. The summed E-state index contributed by atoms with van der Waals surface area (Å²) in [5, 5.41) is 13.4. The van der Waals surface area contributed by atoms with Crippen LogP contribution in [0, 0.1) is 0 Å². The molecule has 2 rings (SSSR count). The highest BCUT2D eigenvalue weighted by Crippen LogP contribution is 2.21. The Balaban J connectivity index is 2.19. The van der Waals surface area contributed by atoms with Crippen molar-refractivity contribution in [3.8, 4) is 0 Å². The lowest BCUT2D eigenvalue weighted by Crippen LogP contribution is -2.36. The van der Waals surface area contributed by atoms with Crippen molar-refractivity contribution in [2.24, 2.45) is 0 Å². The zero-order valence-electron chi connectivity index (χ0n) is 12.1. The Hall–Kier alpha value is -1.81. The maximum Gasteiger partial charge on any atom is 0.240 e. The Labute approximate surface area is 119 Å². The number of carbonyl (C=O) groups excluding carboxylic acids is 1. The fourth-order valence-electron chi connectivity index (χ4n) is 2.50. The van der Waals surface area contributed by atoms with Crippen LogP contribution in [0.2, 0.25) is 0 Å². The third kappa shape index (κ3) is 3.02. The molecule has 0 aliphatic rings. The molecule has 2 N–H and O–H groups in total. The minimum atomic E-state index is -0.0122. The lowest BCUT2D eigenvalue weighted by atomic mass is 10.2. The molecule has 0 aliphatic heterocycles. The van der Waals surface area contributed by atoms with Crippen molar-refractivity contribution in [1.82, 2.24) is 9.88 Å². The van der Waals surface area contributed by atoms with Gasteiger partial charge in [-0.3, -0.25) is 4.79 Å². The van der Waals surface area contributed by atoms with Gasteiger partial charge >= 0.3 is 0 Å². The van der Waals surface area contributed by atoms with Gasteiger partial charge in [-0.2, -0.15) is 0 Å². The van der Waals surface area contributed by atoms with Crippen molar-refractivity contribution in [1.29, 1.82) is 0 Å².